The van der Waals surface area contributed by atoms with Gasteiger partial charge in [0.1, 0.15) is 12.3 Å². The van der Waals surface area contributed by atoms with Crippen molar-refractivity contribution >= 4 is 33.4 Å². The van der Waals surface area contributed by atoms with Crippen molar-refractivity contribution in [2.45, 2.75) is 0 Å². The standard InChI is InChI=1S/C11H11BrN2O3/c1-17-9-3-2-7(4-8(9)12)14-6-10(15)13-5-11(14)16/h2-4H,5-6H2,1H3,(H,13,15). The third kappa shape index (κ3) is 2.41. The lowest BCUT2D eigenvalue weighted by molar-refractivity contribution is -0.128. The van der Waals surface area contributed by atoms with Gasteiger partial charge < -0.3 is 15.0 Å². The molecule has 2 amide bonds. The van der Waals surface area contributed by atoms with E-state index in [4.69, 9.17) is 4.74 Å². The first-order valence-corrected chi connectivity index (χ1v) is 5.81. The highest BCUT2D eigenvalue weighted by atomic mass is 79.9. The van der Waals surface area contributed by atoms with E-state index < -0.39 is 0 Å². The zero-order valence-corrected chi connectivity index (χ0v) is 10.8. The molecule has 90 valence electrons. The number of methoxy groups -OCH3 is 1. The third-order valence-electron chi connectivity index (χ3n) is 2.49. The highest BCUT2D eigenvalue weighted by molar-refractivity contribution is 9.10. The number of benzene rings is 1. The van der Waals surface area contributed by atoms with Crippen molar-refractivity contribution in [2.24, 2.45) is 0 Å². The Morgan fingerprint density at radius 1 is 1.41 bits per heavy atom. The summed E-state index contributed by atoms with van der Waals surface area (Å²) in [7, 11) is 1.57. The van der Waals surface area contributed by atoms with Crippen LogP contribution in [-0.4, -0.2) is 32.0 Å². The highest BCUT2D eigenvalue weighted by Gasteiger charge is 2.24. The highest BCUT2D eigenvalue weighted by Crippen LogP contribution is 2.29. The van der Waals surface area contributed by atoms with Crippen molar-refractivity contribution in [3.05, 3.63) is 22.7 Å². The van der Waals surface area contributed by atoms with E-state index >= 15 is 0 Å². The summed E-state index contributed by atoms with van der Waals surface area (Å²) in [6.45, 7) is 0.0973. The van der Waals surface area contributed by atoms with Gasteiger partial charge in [0, 0.05) is 5.69 Å². The van der Waals surface area contributed by atoms with Crippen LogP contribution in [0.3, 0.4) is 0 Å². The number of halogens is 1. The Morgan fingerprint density at radius 3 is 2.82 bits per heavy atom. The summed E-state index contributed by atoms with van der Waals surface area (Å²) in [5, 5.41) is 2.50. The molecule has 1 fully saturated rings. The maximum atomic E-state index is 11.7. The normalized spacial score (nSPS) is 15.8. The first kappa shape index (κ1) is 11.9. The molecule has 1 aliphatic heterocycles. The molecule has 0 bridgehead atoms. The van der Waals surface area contributed by atoms with Gasteiger partial charge in [-0.05, 0) is 34.1 Å². The average Bonchev–Trinajstić information content (AvgIpc) is 2.32. The summed E-state index contributed by atoms with van der Waals surface area (Å²) in [5.74, 6) is 0.404. The van der Waals surface area contributed by atoms with Gasteiger partial charge in [0.2, 0.25) is 11.8 Å². The van der Waals surface area contributed by atoms with E-state index in [-0.39, 0.29) is 24.9 Å². The van der Waals surface area contributed by atoms with Crippen LogP contribution in [0.15, 0.2) is 22.7 Å². The summed E-state index contributed by atoms with van der Waals surface area (Å²) in [6.07, 6.45) is 0. The van der Waals surface area contributed by atoms with Crippen LogP contribution in [0.25, 0.3) is 0 Å². The Balaban J connectivity index is 2.29. The van der Waals surface area contributed by atoms with Gasteiger partial charge >= 0.3 is 0 Å². The number of anilines is 1. The Morgan fingerprint density at radius 2 is 2.18 bits per heavy atom. The molecule has 1 aromatic carbocycles. The number of amides is 2. The lowest BCUT2D eigenvalue weighted by Gasteiger charge is -2.26. The third-order valence-corrected chi connectivity index (χ3v) is 3.11. The fourth-order valence-electron chi connectivity index (χ4n) is 1.62. The summed E-state index contributed by atoms with van der Waals surface area (Å²) >= 11 is 3.35. The van der Waals surface area contributed by atoms with E-state index in [9.17, 15) is 9.59 Å². The molecule has 0 atom stereocenters. The molecule has 0 saturated carbocycles. The van der Waals surface area contributed by atoms with Gasteiger partial charge in [-0.1, -0.05) is 0 Å². The Kier molecular flexibility index (Phi) is 3.33. The van der Waals surface area contributed by atoms with Crippen molar-refractivity contribution in [2.75, 3.05) is 25.1 Å². The quantitative estimate of drug-likeness (QED) is 0.883. The van der Waals surface area contributed by atoms with Crippen LogP contribution in [-0.2, 0) is 9.59 Å². The van der Waals surface area contributed by atoms with E-state index in [2.05, 4.69) is 21.2 Å². The predicted molar refractivity (Wildman–Crippen MR) is 66.1 cm³/mol. The monoisotopic (exact) mass is 298 g/mol. The summed E-state index contributed by atoms with van der Waals surface area (Å²) in [5.41, 5.74) is 0.678. The number of piperazine rings is 1. The molecule has 1 N–H and O–H groups in total. The van der Waals surface area contributed by atoms with Gasteiger partial charge in [0.05, 0.1) is 18.1 Å². The van der Waals surface area contributed by atoms with Gasteiger partial charge in [-0.3, -0.25) is 9.59 Å². The van der Waals surface area contributed by atoms with E-state index in [1.165, 1.54) is 4.90 Å². The minimum Gasteiger partial charge on any atom is -0.496 e. The van der Waals surface area contributed by atoms with Crippen LogP contribution in [0.4, 0.5) is 5.69 Å². The number of nitrogens with one attached hydrogen (secondary N) is 1. The van der Waals surface area contributed by atoms with Crippen molar-refractivity contribution in [1.82, 2.24) is 5.32 Å². The summed E-state index contributed by atoms with van der Waals surface area (Å²) < 4.78 is 5.85. The minimum absolute atomic E-state index is 0.0441. The number of hydrogen-bond acceptors (Lipinski definition) is 3. The van der Waals surface area contributed by atoms with Crippen molar-refractivity contribution in [1.29, 1.82) is 0 Å². The molecular weight excluding hydrogens is 288 g/mol. The molecule has 0 aliphatic carbocycles. The average molecular weight is 299 g/mol. The first-order valence-electron chi connectivity index (χ1n) is 5.02. The predicted octanol–water partition coefficient (Wildman–Crippen LogP) is 0.920. The van der Waals surface area contributed by atoms with E-state index in [0.29, 0.717) is 11.4 Å². The van der Waals surface area contributed by atoms with Gasteiger partial charge in [-0.2, -0.15) is 0 Å². The molecule has 17 heavy (non-hydrogen) atoms. The molecule has 2 rings (SSSR count). The van der Waals surface area contributed by atoms with Crippen LogP contribution in [0, 0.1) is 0 Å². The Bertz CT molecular complexity index is 476. The number of hydrogen-bond donors (Lipinski definition) is 1. The molecule has 1 aliphatic rings. The summed E-state index contributed by atoms with van der Waals surface area (Å²) in [6, 6.07) is 5.26. The van der Waals surface area contributed by atoms with Crippen LogP contribution in [0.2, 0.25) is 0 Å². The molecule has 0 aromatic heterocycles. The van der Waals surface area contributed by atoms with E-state index in [1.807, 2.05) is 0 Å². The van der Waals surface area contributed by atoms with Crippen molar-refractivity contribution in [3.63, 3.8) is 0 Å². The molecule has 1 heterocycles. The minimum atomic E-state index is -0.156. The number of carbonyl (C=O) groups is 2. The number of ether oxygens (including phenoxy) is 1. The van der Waals surface area contributed by atoms with Gasteiger partial charge in [-0.15, -0.1) is 0 Å². The maximum absolute atomic E-state index is 11.7. The first-order chi connectivity index (χ1) is 8.11. The van der Waals surface area contributed by atoms with Crippen LogP contribution in [0.5, 0.6) is 5.75 Å². The summed E-state index contributed by atoms with van der Waals surface area (Å²) in [4.78, 5) is 24.4. The molecule has 0 radical (unpaired) electrons. The maximum Gasteiger partial charge on any atom is 0.246 e. The van der Waals surface area contributed by atoms with Crippen LogP contribution >= 0.6 is 15.9 Å². The Hall–Kier alpha value is -1.56. The van der Waals surface area contributed by atoms with Gasteiger partial charge in [-0.25, -0.2) is 0 Å². The SMILES string of the molecule is COc1ccc(N2CC(=O)NCC2=O)cc1Br. The molecule has 5 nitrogen and oxygen atoms in total. The molecule has 6 heteroatoms. The largest absolute Gasteiger partial charge is 0.496 e. The second-order valence-electron chi connectivity index (χ2n) is 3.58. The van der Waals surface area contributed by atoms with E-state index in [0.717, 1.165) is 4.47 Å². The fraction of sp³-hybridized carbons (Fsp3) is 0.273. The topological polar surface area (TPSA) is 58.6 Å². The lowest BCUT2D eigenvalue weighted by Crippen LogP contribution is -2.51. The Labute approximate surface area is 107 Å². The second kappa shape index (κ2) is 4.75. The number of rotatable bonds is 2. The van der Waals surface area contributed by atoms with E-state index in [1.54, 1.807) is 25.3 Å². The van der Waals surface area contributed by atoms with Gasteiger partial charge in [0.15, 0.2) is 0 Å². The molecule has 0 spiro atoms. The van der Waals surface area contributed by atoms with Crippen molar-refractivity contribution < 1.29 is 14.3 Å². The van der Waals surface area contributed by atoms with Crippen LogP contribution < -0.4 is 15.0 Å². The molecular formula is C11H11BrN2O3. The molecule has 1 aromatic rings. The molecule has 0 unspecified atom stereocenters. The van der Waals surface area contributed by atoms with Gasteiger partial charge in [0.25, 0.3) is 0 Å². The zero-order valence-electron chi connectivity index (χ0n) is 9.20. The van der Waals surface area contributed by atoms with Crippen LogP contribution in [0.1, 0.15) is 0 Å². The zero-order chi connectivity index (χ0) is 12.4. The molecule has 1 saturated heterocycles. The van der Waals surface area contributed by atoms with Crippen molar-refractivity contribution in [3.8, 4) is 5.75 Å². The smallest absolute Gasteiger partial charge is 0.246 e. The fourth-order valence-corrected chi connectivity index (χ4v) is 2.14. The number of carbonyl (C=O) groups excluding carboxylic acids is 2. The number of nitrogens with zero attached hydrogens (tertiary/aromatic N) is 1. The lowest BCUT2D eigenvalue weighted by atomic mass is 10.2. The second-order valence-corrected chi connectivity index (χ2v) is 4.43.